The van der Waals surface area contributed by atoms with Crippen molar-refractivity contribution in [2.75, 3.05) is 0 Å². The van der Waals surface area contributed by atoms with Crippen molar-refractivity contribution in [2.45, 2.75) is 26.7 Å². The van der Waals surface area contributed by atoms with Crippen molar-refractivity contribution in [1.29, 1.82) is 0 Å². The molecule has 0 aromatic carbocycles. The van der Waals surface area contributed by atoms with Crippen molar-refractivity contribution in [3.05, 3.63) is 0 Å². The molecule has 0 bridgehead atoms. The van der Waals surface area contributed by atoms with Gasteiger partial charge in [-0.2, -0.15) is 0 Å². The SMILES string of the molecule is CCCC.[Sc]. The van der Waals surface area contributed by atoms with Crippen molar-refractivity contribution in [3.63, 3.8) is 0 Å². The number of hydrogen-bond donors (Lipinski definition) is 0. The Morgan fingerprint density at radius 3 is 1.20 bits per heavy atom. The van der Waals surface area contributed by atoms with Gasteiger partial charge in [-0.05, 0) is 0 Å². The Bertz CT molecular complexity index is 5.61. The molecule has 0 aliphatic rings. The minimum atomic E-state index is 0. The molecule has 0 N–H and O–H groups in total. The Kier molecular flexibility index (Phi) is 16.5. The summed E-state index contributed by atoms with van der Waals surface area (Å²) >= 11 is 0. The van der Waals surface area contributed by atoms with Crippen LogP contribution in [0.1, 0.15) is 26.7 Å². The second kappa shape index (κ2) is 8.85. The third kappa shape index (κ3) is 11.5. The maximum Gasteiger partial charge on any atom is 0 e. The molecule has 0 aromatic heterocycles. The molecule has 0 amide bonds. The van der Waals surface area contributed by atoms with Crippen molar-refractivity contribution < 1.29 is 25.8 Å². The van der Waals surface area contributed by atoms with E-state index in [0.29, 0.717) is 0 Å². The second-order valence-electron chi connectivity index (χ2n) is 1.000. The van der Waals surface area contributed by atoms with E-state index in [1.54, 1.807) is 0 Å². The van der Waals surface area contributed by atoms with Crippen LogP contribution >= 0.6 is 0 Å². The van der Waals surface area contributed by atoms with Crippen LogP contribution in [0.4, 0.5) is 0 Å². The molecule has 1 heteroatoms. The fourth-order valence-electron chi connectivity index (χ4n) is 0. The van der Waals surface area contributed by atoms with Crippen LogP contribution in [-0.4, -0.2) is 0 Å². The first-order valence-corrected chi connectivity index (χ1v) is 1.91. The largest absolute Gasteiger partial charge is 0.0654 e. The summed E-state index contributed by atoms with van der Waals surface area (Å²) in [6.45, 7) is 4.36. The number of hydrogen-bond acceptors (Lipinski definition) is 0. The van der Waals surface area contributed by atoms with Gasteiger partial charge in [0.1, 0.15) is 0 Å². The van der Waals surface area contributed by atoms with E-state index in [2.05, 4.69) is 13.8 Å². The van der Waals surface area contributed by atoms with Crippen LogP contribution in [0.25, 0.3) is 0 Å². The van der Waals surface area contributed by atoms with Gasteiger partial charge in [0.15, 0.2) is 0 Å². The third-order valence-corrected chi connectivity index (χ3v) is 0.500. The van der Waals surface area contributed by atoms with Crippen molar-refractivity contribution in [2.24, 2.45) is 0 Å². The van der Waals surface area contributed by atoms with Crippen LogP contribution in [0.15, 0.2) is 0 Å². The quantitative estimate of drug-likeness (QED) is 0.474. The summed E-state index contributed by atoms with van der Waals surface area (Å²) in [6, 6.07) is 0. The molecule has 0 unspecified atom stereocenters. The van der Waals surface area contributed by atoms with Gasteiger partial charge < -0.3 is 0 Å². The van der Waals surface area contributed by atoms with Gasteiger partial charge in [0, 0.05) is 25.8 Å². The van der Waals surface area contributed by atoms with Crippen LogP contribution in [0.3, 0.4) is 0 Å². The van der Waals surface area contributed by atoms with E-state index in [-0.39, 0.29) is 25.8 Å². The van der Waals surface area contributed by atoms with Crippen molar-refractivity contribution in [1.82, 2.24) is 0 Å². The van der Waals surface area contributed by atoms with Crippen molar-refractivity contribution in [3.8, 4) is 0 Å². The van der Waals surface area contributed by atoms with Gasteiger partial charge in [0.2, 0.25) is 0 Å². The van der Waals surface area contributed by atoms with E-state index < -0.39 is 0 Å². The predicted molar refractivity (Wildman–Crippen MR) is 20.6 cm³/mol. The van der Waals surface area contributed by atoms with Gasteiger partial charge >= 0.3 is 0 Å². The van der Waals surface area contributed by atoms with Crippen LogP contribution in [0, 0.1) is 0 Å². The van der Waals surface area contributed by atoms with Crippen LogP contribution in [-0.2, 0) is 25.8 Å². The van der Waals surface area contributed by atoms with Crippen molar-refractivity contribution >= 4 is 0 Å². The fraction of sp³-hybridized carbons (Fsp3) is 1.00. The van der Waals surface area contributed by atoms with Gasteiger partial charge in [0.25, 0.3) is 0 Å². The predicted octanol–water partition coefficient (Wildman–Crippen LogP) is 1.80. The molecule has 0 nitrogen and oxygen atoms in total. The molecule has 0 aromatic rings. The molecule has 0 aliphatic heterocycles. The summed E-state index contributed by atoms with van der Waals surface area (Å²) in [5, 5.41) is 0. The molecule has 5 heavy (non-hydrogen) atoms. The zero-order chi connectivity index (χ0) is 3.41. The summed E-state index contributed by atoms with van der Waals surface area (Å²) in [7, 11) is 0. The maximum atomic E-state index is 2.18. The van der Waals surface area contributed by atoms with Gasteiger partial charge in [-0.25, -0.2) is 0 Å². The Labute approximate surface area is 52.7 Å². The van der Waals surface area contributed by atoms with Crippen LogP contribution in [0.5, 0.6) is 0 Å². The molecule has 0 spiro atoms. The molecule has 0 fully saturated rings. The fourth-order valence-corrected chi connectivity index (χ4v) is 0. The molecule has 0 atom stereocenters. The molecular weight excluding hydrogens is 93.0 g/mol. The average molecular weight is 103 g/mol. The average Bonchev–Trinajstić information content (AvgIpc) is 1.37. The molecule has 0 aliphatic carbocycles. The van der Waals surface area contributed by atoms with E-state index in [4.69, 9.17) is 0 Å². The summed E-state index contributed by atoms with van der Waals surface area (Å²) in [4.78, 5) is 0. The zero-order valence-corrected chi connectivity index (χ0v) is 5.79. The van der Waals surface area contributed by atoms with E-state index in [0.717, 1.165) is 0 Å². The first kappa shape index (κ1) is 9.30. The topological polar surface area (TPSA) is 0 Å². The Morgan fingerprint density at radius 1 is 1.00 bits per heavy atom. The molecule has 29 valence electrons. The van der Waals surface area contributed by atoms with Crippen LogP contribution < -0.4 is 0 Å². The van der Waals surface area contributed by atoms with E-state index in [1.807, 2.05) is 0 Å². The summed E-state index contributed by atoms with van der Waals surface area (Å²) in [5.74, 6) is 0. The van der Waals surface area contributed by atoms with E-state index >= 15 is 0 Å². The van der Waals surface area contributed by atoms with Gasteiger partial charge in [-0.1, -0.05) is 26.7 Å². The standard InChI is InChI=1S/C4H10.Sc/c1-3-4-2;/h3-4H2,1-2H3;. The maximum absolute atomic E-state index is 2.18. The molecule has 0 heterocycles. The zero-order valence-electron chi connectivity index (χ0n) is 3.99. The summed E-state index contributed by atoms with van der Waals surface area (Å²) in [6.07, 6.45) is 2.64. The van der Waals surface area contributed by atoms with E-state index in [1.165, 1.54) is 12.8 Å². The molecule has 0 rings (SSSR count). The van der Waals surface area contributed by atoms with Gasteiger partial charge in [-0.3, -0.25) is 0 Å². The normalized spacial score (nSPS) is 6.00. The number of unbranched alkanes of at least 4 members (excludes halogenated alkanes) is 1. The Morgan fingerprint density at radius 2 is 1.20 bits per heavy atom. The third-order valence-electron chi connectivity index (χ3n) is 0.500. The minimum Gasteiger partial charge on any atom is -0.0654 e. The smallest absolute Gasteiger partial charge is 0 e. The first-order valence-electron chi connectivity index (χ1n) is 1.91. The Hall–Kier alpha value is 0.870. The van der Waals surface area contributed by atoms with Gasteiger partial charge in [-0.15, -0.1) is 0 Å². The van der Waals surface area contributed by atoms with E-state index in [9.17, 15) is 0 Å². The molecule has 0 saturated heterocycles. The first-order chi connectivity index (χ1) is 1.91. The Balaban J connectivity index is 0. The van der Waals surface area contributed by atoms with Gasteiger partial charge in [0.05, 0.1) is 0 Å². The number of rotatable bonds is 1. The van der Waals surface area contributed by atoms with Crippen LogP contribution in [0.2, 0.25) is 0 Å². The molecular formula is C4H10Sc. The summed E-state index contributed by atoms with van der Waals surface area (Å²) < 4.78 is 0. The summed E-state index contributed by atoms with van der Waals surface area (Å²) in [5.41, 5.74) is 0. The monoisotopic (exact) mass is 103 g/mol. The molecule has 0 saturated carbocycles. The molecule has 1 radical (unpaired) electrons. The second-order valence-corrected chi connectivity index (χ2v) is 1.000. The minimum absolute atomic E-state index is 0.